The number of benzene rings is 1. The van der Waals surface area contributed by atoms with Gasteiger partial charge in [-0.05, 0) is 24.3 Å². The van der Waals surface area contributed by atoms with Gasteiger partial charge in [0, 0.05) is 5.56 Å². The molecule has 0 atom stereocenters. The molecule has 1 aromatic heterocycles. The SMILES string of the molecule is COc1ccc(-c2ccc(N)nn2)c(OC)c1OC. The summed E-state index contributed by atoms with van der Waals surface area (Å²) in [6.45, 7) is 0. The summed E-state index contributed by atoms with van der Waals surface area (Å²) in [6.07, 6.45) is 0. The van der Waals surface area contributed by atoms with E-state index >= 15 is 0 Å². The number of hydrogen-bond acceptors (Lipinski definition) is 6. The number of nitrogen functional groups attached to an aromatic ring is 1. The first-order valence-corrected chi connectivity index (χ1v) is 5.59. The van der Waals surface area contributed by atoms with E-state index in [1.807, 2.05) is 6.07 Å². The normalized spacial score (nSPS) is 10.1. The summed E-state index contributed by atoms with van der Waals surface area (Å²) in [7, 11) is 4.68. The van der Waals surface area contributed by atoms with Gasteiger partial charge in [0.2, 0.25) is 5.75 Å². The minimum atomic E-state index is 0.364. The first-order valence-electron chi connectivity index (χ1n) is 5.59. The van der Waals surface area contributed by atoms with Crippen LogP contribution < -0.4 is 19.9 Å². The Hall–Kier alpha value is -2.50. The molecule has 0 amide bonds. The van der Waals surface area contributed by atoms with Crippen LogP contribution in [0.15, 0.2) is 24.3 Å². The van der Waals surface area contributed by atoms with Gasteiger partial charge < -0.3 is 19.9 Å². The fraction of sp³-hybridized carbons (Fsp3) is 0.231. The third-order valence-electron chi connectivity index (χ3n) is 2.67. The third kappa shape index (κ3) is 2.37. The molecule has 6 nitrogen and oxygen atoms in total. The molecule has 100 valence electrons. The van der Waals surface area contributed by atoms with Crippen LogP contribution in [0.1, 0.15) is 0 Å². The highest BCUT2D eigenvalue weighted by atomic mass is 16.5. The van der Waals surface area contributed by atoms with Crippen molar-refractivity contribution in [1.82, 2.24) is 10.2 Å². The second-order valence-electron chi connectivity index (χ2n) is 3.73. The van der Waals surface area contributed by atoms with Crippen molar-refractivity contribution in [2.24, 2.45) is 0 Å². The van der Waals surface area contributed by atoms with E-state index in [2.05, 4.69) is 10.2 Å². The Labute approximate surface area is 111 Å². The van der Waals surface area contributed by atoms with Crippen LogP contribution in [0.4, 0.5) is 5.82 Å². The van der Waals surface area contributed by atoms with Gasteiger partial charge in [0.1, 0.15) is 5.82 Å². The minimum Gasteiger partial charge on any atom is -0.493 e. The molecule has 19 heavy (non-hydrogen) atoms. The lowest BCUT2D eigenvalue weighted by Crippen LogP contribution is -1.99. The molecule has 1 aromatic carbocycles. The summed E-state index contributed by atoms with van der Waals surface area (Å²) >= 11 is 0. The van der Waals surface area contributed by atoms with Crippen molar-refractivity contribution < 1.29 is 14.2 Å². The summed E-state index contributed by atoms with van der Waals surface area (Å²) in [4.78, 5) is 0. The Morgan fingerprint density at radius 1 is 0.842 bits per heavy atom. The van der Waals surface area contributed by atoms with E-state index in [9.17, 15) is 0 Å². The van der Waals surface area contributed by atoms with Gasteiger partial charge in [0.05, 0.1) is 27.0 Å². The molecule has 0 saturated carbocycles. The summed E-state index contributed by atoms with van der Waals surface area (Å²) in [5.74, 6) is 2.01. The van der Waals surface area contributed by atoms with Crippen molar-refractivity contribution in [2.75, 3.05) is 27.1 Å². The van der Waals surface area contributed by atoms with E-state index in [0.717, 1.165) is 5.56 Å². The first kappa shape index (κ1) is 12.9. The van der Waals surface area contributed by atoms with Crippen molar-refractivity contribution in [1.29, 1.82) is 0 Å². The number of nitrogens with two attached hydrogens (primary N) is 1. The average molecular weight is 261 g/mol. The topological polar surface area (TPSA) is 79.5 Å². The van der Waals surface area contributed by atoms with Crippen LogP contribution in [0.3, 0.4) is 0 Å². The summed E-state index contributed by atoms with van der Waals surface area (Å²) in [5, 5.41) is 7.87. The van der Waals surface area contributed by atoms with E-state index in [1.54, 1.807) is 39.5 Å². The fourth-order valence-electron chi connectivity index (χ4n) is 1.79. The van der Waals surface area contributed by atoms with E-state index in [-0.39, 0.29) is 0 Å². The predicted molar refractivity (Wildman–Crippen MR) is 71.5 cm³/mol. The van der Waals surface area contributed by atoms with Crippen LogP contribution in [0.25, 0.3) is 11.3 Å². The zero-order valence-corrected chi connectivity index (χ0v) is 11.0. The zero-order chi connectivity index (χ0) is 13.8. The quantitative estimate of drug-likeness (QED) is 0.903. The molecular weight excluding hydrogens is 246 g/mol. The standard InChI is InChI=1S/C13H15N3O3/c1-17-10-6-4-8(12(18-2)13(10)19-3)9-5-7-11(14)16-15-9/h4-7H,1-3H3,(H2,14,16). The maximum atomic E-state index is 5.53. The summed E-state index contributed by atoms with van der Waals surface area (Å²) in [5.41, 5.74) is 6.93. The van der Waals surface area contributed by atoms with Gasteiger partial charge in [-0.2, -0.15) is 0 Å². The Kier molecular flexibility index (Phi) is 3.70. The van der Waals surface area contributed by atoms with Gasteiger partial charge in [-0.1, -0.05) is 0 Å². The molecule has 2 rings (SSSR count). The molecule has 6 heteroatoms. The lowest BCUT2D eigenvalue weighted by Gasteiger charge is -2.15. The van der Waals surface area contributed by atoms with Gasteiger partial charge in [-0.15, -0.1) is 10.2 Å². The molecule has 0 bridgehead atoms. The Balaban J connectivity index is 2.60. The van der Waals surface area contributed by atoms with Crippen molar-refractivity contribution in [3.63, 3.8) is 0 Å². The van der Waals surface area contributed by atoms with Crippen LogP contribution in [0.5, 0.6) is 17.2 Å². The molecule has 0 aliphatic rings. The molecule has 0 saturated heterocycles. The lowest BCUT2D eigenvalue weighted by atomic mass is 10.1. The van der Waals surface area contributed by atoms with Crippen LogP contribution in [0, 0.1) is 0 Å². The molecule has 2 N–H and O–H groups in total. The molecule has 0 radical (unpaired) electrons. The highest BCUT2D eigenvalue weighted by Gasteiger charge is 2.17. The lowest BCUT2D eigenvalue weighted by molar-refractivity contribution is 0.325. The van der Waals surface area contributed by atoms with Crippen molar-refractivity contribution in [3.05, 3.63) is 24.3 Å². The van der Waals surface area contributed by atoms with Crippen molar-refractivity contribution >= 4 is 5.82 Å². The fourth-order valence-corrected chi connectivity index (χ4v) is 1.79. The van der Waals surface area contributed by atoms with Crippen molar-refractivity contribution in [3.8, 4) is 28.5 Å². The molecule has 0 unspecified atom stereocenters. The Morgan fingerprint density at radius 3 is 2.11 bits per heavy atom. The molecule has 2 aromatic rings. The molecular formula is C13H15N3O3. The highest BCUT2D eigenvalue weighted by Crippen LogP contribution is 2.43. The monoisotopic (exact) mass is 261 g/mol. The average Bonchev–Trinajstić information content (AvgIpc) is 2.46. The van der Waals surface area contributed by atoms with Crippen LogP contribution in [-0.4, -0.2) is 31.5 Å². The second-order valence-corrected chi connectivity index (χ2v) is 3.73. The van der Waals surface area contributed by atoms with Crippen LogP contribution in [-0.2, 0) is 0 Å². The number of nitrogens with zero attached hydrogens (tertiary/aromatic N) is 2. The third-order valence-corrected chi connectivity index (χ3v) is 2.67. The van der Waals surface area contributed by atoms with Crippen LogP contribution >= 0.6 is 0 Å². The molecule has 0 spiro atoms. The molecule has 0 aliphatic heterocycles. The molecule has 1 heterocycles. The number of ether oxygens (including phenoxy) is 3. The number of hydrogen-bond donors (Lipinski definition) is 1. The number of anilines is 1. The minimum absolute atomic E-state index is 0.364. The van der Waals surface area contributed by atoms with E-state index in [0.29, 0.717) is 28.8 Å². The molecule has 0 fully saturated rings. The predicted octanol–water partition coefficient (Wildman–Crippen LogP) is 1.75. The Morgan fingerprint density at radius 2 is 1.58 bits per heavy atom. The highest BCUT2D eigenvalue weighted by molar-refractivity contribution is 5.74. The Bertz CT molecular complexity index is 570. The van der Waals surface area contributed by atoms with Gasteiger partial charge >= 0.3 is 0 Å². The largest absolute Gasteiger partial charge is 0.493 e. The van der Waals surface area contributed by atoms with E-state index < -0.39 is 0 Å². The van der Waals surface area contributed by atoms with Crippen LogP contribution in [0.2, 0.25) is 0 Å². The summed E-state index contributed by atoms with van der Waals surface area (Å²) in [6, 6.07) is 7.07. The van der Waals surface area contributed by atoms with E-state index in [4.69, 9.17) is 19.9 Å². The number of methoxy groups -OCH3 is 3. The molecule has 0 aliphatic carbocycles. The van der Waals surface area contributed by atoms with Gasteiger partial charge in [-0.25, -0.2) is 0 Å². The van der Waals surface area contributed by atoms with Gasteiger partial charge in [0.25, 0.3) is 0 Å². The first-order chi connectivity index (χ1) is 9.21. The maximum Gasteiger partial charge on any atom is 0.203 e. The summed E-state index contributed by atoms with van der Waals surface area (Å²) < 4.78 is 15.9. The number of aromatic nitrogens is 2. The number of rotatable bonds is 4. The van der Waals surface area contributed by atoms with Gasteiger partial charge in [0.15, 0.2) is 11.5 Å². The van der Waals surface area contributed by atoms with Gasteiger partial charge in [-0.3, -0.25) is 0 Å². The maximum absolute atomic E-state index is 5.53. The second kappa shape index (κ2) is 5.43. The van der Waals surface area contributed by atoms with E-state index in [1.165, 1.54) is 0 Å². The smallest absolute Gasteiger partial charge is 0.203 e. The zero-order valence-electron chi connectivity index (χ0n) is 11.0. The van der Waals surface area contributed by atoms with Crippen molar-refractivity contribution in [2.45, 2.75) is 0 Å².